The summed E-state index contributed by atoms with van der Waals surface area (Å²) in [7, 11) is -0.225. The van der Waals surface area contributed by atoms with Crippen LogP contribution in [0.15, 0.2) is 0 Å². The molecule has 0 N–H and O–H groups in total. The Hall–Kier alpha value is -0.995. The normalized spacial score (nSPS) is 19.6. The van der Waals surface area contributed by atoms with Crippen molar-refractivity contribution in [1.82, 2.24) is 0 Å². The van der Waals surface area contributed by atoms with E-state index in [2.05, 4.69) is 9.31 Å². The van der Waals surface area contributed by atoms with E-state index in [1.165, 1.54) is 0 Å². The fourth-order valence-corrected chi connectivity index (χ4v) is 0.682. The van der Waals surface area contributed by atoms with Gasteiger partial charge in [0, 0.05) is 12.8 Å². The average molecular weight is 142 g/mol. The van der Waals surface area contributed by atoms with Crippen LogP contribution in [0.25, 0.3) is 0 Å². The molecule has 0 spiro atoms. The second kappa shape index (κ2) is 3.24. The van der Waals surface area contributed by atoms with Crippen molar-refractivity contribution in [2.75, 3.05) is 0 Å². The van der Waals surface area contributed by atoms with Gasteiger partial charge in [0.05, 0.1) is 0 Å². The molecule has 0 amide bonds. The molecule has 10 heavy (non-hydrogen) atoms. The van der Waals surface area contributed by atoms with Crippen molar-refractivity contribution in [1.29, 1.82) is 0 Å². The standard InChI is InChI=1S/C5H7BO4/c7-4-2-1-3-5(8)10-6-9-4/h6H,1-3H2. The third-order valence-corrected chi connectivity index (χ3v) is 1.20. The third-order valence-electron chi connectivity index (χ3n) is 1.20. The summed E-state index contributed by atoms with van der Waals surface area (Å²) in [5, 5.41) is 0. The molecular formula is C5H7BO4. The van der Waals surface area contributed by atoms with Crippen LogP contribution in [0, 0.1) is 0 Å². The van der Waals surface area contributed by atoms with Crippen LogP contribution in [0.5, 0.6) is 0 Å². The van der Waals surface area contributed by atoms with Crippen LogP contribution >= 0.6 is 0 Å². The Morgan fingerprint density at radius 2 is 1.60 bits per heavy atom. The van der Waals surface area contributed by atoms with Gasteiger partial charge in [0.25, 0.3) is 11.9 Å². The maximum absolute atomic E-state index is 10.5. The van der Waals surface area contributed by atoms with Crippen molar-refractivity contribution in [3.05, 3.63) is 0 Å². The molecular weight excluding hydrogens is 135 g/mol. The van der Waals surface area contributed by atoms with Gasteiger partial charge in [-0.1, -0.05) is 0 Å². The topological polar surface area (TPSA) is 52.6 Å². The first-order valence-corrected chi connectivity index (χ1v) is 3.10. The first kappa shape index (κ1) is 7.12. The first-order valence-electron chi connectivity index (χ1n) is 3.10. The Bertz CT molecular complexity index is 126. The van der Waals surface area contributed by atoms with Crippen LogP contribution in [0.1, 0.15) is 19.3 Å². The van der Waals surface area contributed by atoms with E-state index in [1.54, 1.807) is 0 Å². The second-order valence-electron chi connectivity index (χ2n) is 2.00. The molecule has 54 valence electrons. The summed E-state index contributed by atoms with van der Waals surface area (Å²) in [6.07, 6.45) is 1.15. The molecule has 1 aliphatic rings. The Kier molecular flexibility index (Phi) is 2.31. The number of carbonyl (C=O) groups excluding carboxylic acids is 2. The number of hydrogen-bond donors (Lipinski definition) is 0. The monoisotopic (exact) mass is 142 g/mol. The molecule has 1 aliphatic heterocycles. The maximum atomic E-state index is 10.5. The molecule has 0 radical (unpaired) electrons. The van der Waals surface area contributed by atoms with E-state index in [0.29, 0.717) is 19.3 Å². The molecule has 0 saturated carbocycles. The predicted octanol–water partition coefficient (Wildman–Crippen LogP) is -0.477. The minimum absolute atomic E-state index is 0.225. The molecule has 0 atom stereocenters. The zero-order chi connectivity index (χ0) is 7.40. The SMILES string of the molecule is O=C1CCCC(=O)OBO1. The van der Waals surface area contributed by atoms with Crippen LogP contribution < -0.4 is 0 Å². The van der Waals surface area contributed by atoms with Gasteiger partial charge in [-0.05, 0) is 6.42 Å². The van der Waals surface area contributed by atoms with Gasteiger partial charge in [-0.2, -0.15) is 0 Å². The number of carbonyl (C=O) groups is 2. The van der Waals surface area contributed by atoms with Gasteiger partial charge in [0.1, 0.15) is 0 Å². The quantitative estimate of drug-likeness (QED) is 0.428. The zero-order valence-corrected chi connectivity index (χ0v) is 5.46. The Balaban J connectivity index is 2.34. The highest BCUT2D eigenvalue weighted by molar-refractivity contribution is 6.26. The summed E-state index contributed by atoms with van der Waals surface area (Å²) in [6, 6.07) is 0. The van der Waals surface area contributed by atoms with E-state index in [9.17, 15) is 9.59 Å². The molecule has 1 saturated heterocycles. The molecule has 5 heteroatoms. The molecule has 1 fully saturated rings. The fraction of sp³-hybridized carbons (Fsp3) is 0.600. The highest BCUT2D eigenvalue weighted by atomic mass is 16.6. The smallest absolute Gasteiger partial charge is 0.502 e. The van der Waals surface area contributed by atoms with Crippen LogP contribution in [0.4, 0.5) is 0 Å². The van der Waals surface area contributed by atoms with E-state index in [-0.39, 0.29) is 19.6 Å². The van der Waals surface area contributed by atoms with E-state index >= 15 is 0 Å². The van der Waals surface area contributed by atoms with Crippen molar-refractivity contribution in [3.63, 3.8) is 0 Å². The molecule has 0 aromatic heterocycles. The lowest BCUT2D eigenvalue weighted by Gasteiger charge is -2.08. The minimum atomic E-state index is -0.299. The van der Waals surface area contributed by atoms with Crippen molar-refractivity contribution in [2.45, 2.75) is 19.3 Å². The fourth-order valence-electron chi connectivity index (χ4n) is 0.682. The average Bonchev–Trinajstić information content (AvgIpc) is 1.84. The van der Waals surface area contributed by atoms with E-state index in [4.69, 9.17) is 0 Å². The van der Waals surface area contributed by atoms with Crippen LogP contribution in [-0.2, 0) is 18.9 Å². The highest BCUT2D eigenvalue weighted by Crippen LogP contribution is 2.02. The van der Waals surface area contributed by atoms with Crippen molar-refractivity contribution >= 4 is 19.6 Å². The summed E-state index contributed by atoms with van der Waals surface area (Å²) in [5.74, 6) is -0.597. The molecule has 0 aliphatic carbocycles. The summed E-state index contributed by atoms with van der Waals surface area (Å²) in [4.78, 5) is 21.1. The van der Waals surface area contributed by atoms with E-state index in [0.717, 1.165) is 0 Å². The maximum Gasteiger partial charge on any atom is 0.580 e. The van der Waals surface area contributed by atoms with E-state index in [1.807, 2.05) is 0 Å². The third kappa shape index (κ3) is 2.09. The van der Waals surface area contributed by atoms with Crippen molar-refractivity contribution in [2.24, 2.45) is 0 Å². The highest BCUT2D eigenvalue weighted by Gasteiger charge is 2.13. The minimum Gasteiger partial charge on any atom is -0.502 e. The molecule has 0 bridgehead atoms. The summed E-state index contributed by atoms with van der Waals surface area (Å²) in [6.45, 7) is 0. The zero-order valence-electron chi connectivity index (χ0n) is 5.46. The van der Waals surface area contributed by atoms with Crippen molar-refractivity contribution in [3.8, 4) is 0 Å². The summed E-state index contributed by atoms with van der Waals surface area (Å²) < 4.78 is 8.94. The lowest BCUT2D eigenvalue weighted by molar-refractivity contribution is -0.141. The number of hydrogen-bond acceptors (Lipinski definition) is 4. The van der Waals surface area contributed by atoms with Crippen molar-refractivity contribution < 1.29 is 18.9 Å². The lowest BCUT2D eigenvalue weighted by atomic mass is 10.2. The van der Waals surface area contributed by atoms with E-state index < -0.39 is 0 Å². The van der Waals surface area contributed by atoms with Gasteiger partial charge in [0.2, 0.25) is 0 Å². The first-order chi connectivity index (χ1) is 4.79. The van der Waals surface area contributed by atoms with Gasteiger partial charge >= 0.3 is 7.69 Å². The molecule has 1 rings (SSSR count). The van der Waals surface area contributed by atoms with Gasteiger partial charge in [-0.25, -0.2) is 0 Å². The summed E-state index contributed by atoms with van der Waals surface area (Å²) in [5.41, 5.74) is 0. The van der Waals surface area contributed by atoms with Gasteiger partial charge in [0.15, 0.2) is 0 Å². The molecule has 0 unspecified atom stereocenters. The van der Waals surface area contributed by atoms with Gasteiger partial charge in [-0.3, -0.25) is 9.59 Å². The molecule has 1 heterocycles. The predicted molar refractivity (Wildman–Crippen MR) is 33.2 cm³/mol. The Labute approximate surface area is 58.8 Å². The lowest BCUT2D eigenvalue weighted by Crippen LogP contribution is -2.19. The Morgan fingerprint density at radius 3 is 2.10 bits per heavy atom. The Morgan fingerprint density at radius 1 is 1.10 bits per heavy atom. The van der Waals surface area contributed by atoms with Gasteiger partial charge < -0.3 is 9.31 Å². The van der Waals surface area contributed by atoms with Crippen LogP contribution in [-0.4, -0.2) is 19.6 Å². The largest absolute Gasteiger partial charge is 0.580 e. The molecule has 0 aromatic carbocycles. The molecule has 4 nitrogen and oxygen atoms in total. The summed E-state index contributed by atoms with van der Waals surface area (Å²) >= 11 is 0. The van der Waals surface area contributed by atoms with Crippen LogP contribution in [0.3, 0.4) is 0 Å². The molecule has 0 aromatic rings. The number of rotatable bonds is 0. The van der Waals surface area contributed by atoms with Gasteiger partial charge in [-0.15, -0.1) is 0 Å². The van der Waals surface area contributed by atoms with Crippen LogP contribution in [0.2, 0.25) is 0 Å². The second-order valence-corrected chi connectivity index (χ2v) is 2.00.